The van der Waals surface area contributed by atoms with E-state index in [2.05, 4.69) is 0 Å². The fourth-order valence-electron chi connectivity index (χ4n) is 4.62. The smallest absolute Gasteiger partial charge is 0.295 e. The van der Waals surface area contributed by atoms with Gasteiger partial charge in [-0.15, -0.1) is 0 Å². The van der Waals surface area contributed by atoms with Crippen molar-refractivity contribution in [2.45, 2.75) is 19.1 Å². The Kier molecular flexibility index (Phi) is 6.73. The molecule has 3 aromatic rings. The Bertz CT molecular complexity index is 1300. The van der Waals surface area contributed by atoms with Crippen LogP contribution >= 0.6 is 0 Å². The summed E-state index contributed by atoms with van der Waals surface area (Å²) in [6.45, 7) is 1.49. The first-order valence-electron chi connectivity index (χ1n) is 11.9. The van der Waals surface area contributed by atoms with E-state index in [9.17, 15) is 14.7 Å². The maximum Gasteiger partial charge on any atom is 0.295 e. The lowest BCUT2D eigenvalue weighted by Gasteiger charge is -2.25. The molecule has 0 aliphatic carbocycles. The predicted octanol–water partition coefficient (Wildman–Crippen LogP) is 4.27. The van der Waals surface area contributed by atoms with Crippen LogP contribution < -0.4 is 9.47 Å². The number of methoxy groups -OCH3 is 1. The van der Waals surface area contributed by atoms with Gasteiger partial charge in [-0.2, -0.15) is 0 Å². The van der Waals surface area contributed by atoms with E-state index in [0.29, 0.717) is 30.1 Å². The number of ketones is 1. The van der Waals surface area contributed by atoms with Gasteiger partial charge in [0.25, 0.3) is 11.7 Å². The molecular formula is C29H27NO6. The fourth-order valence-corrected chi connectivity index (χ4v) is 4.62. The van der Waals surface area contributed by atoms with Crippen LogP contribution in [0.2, 0.25) is 0 Å². The second kappa shape index (κ2) is 10.3. The van der Waals surface area contributed by atoms with Crippen molar-refractivity contribution in [1.82, 2.24) is 4.90 Å². The number of aliphatic hydroxyl groups excluding tert-OH is 1. The average Bonchev–Trinajstić information content (AvgIpc) is 3.48. The predicted molar refractivity (Wildman–Crippen MR) is 134 cm³/mol. The van der Waals surface area contributed by atoms with Crippen LogP contribution in [0.1, 0.15) is 28.3 Å². The molecule has 0 bridgehead atoms. The van der Waals surface area contributed by atoms with Crippen LogP contribution in [0.3, 0.4) is 0 Å². The topological polar surface area (TPSA) is 85.3 Å². The number of amides is 1. The van der Waals surface area contributed by atoms with E-state index in [-0.39, 0.29) is 24.5 Å². The number of carbonyl (C=O) groups is 2. The molecule has 2 aliphatic heterocycles. The lowest BCUT2D eigenvalue weighted by atomic mass is 9.94. The third-order valence-electron chi connectivity index (χ3n) is 6.48. The zero-order valence-corrected chi connectivity index (χ0v) is 20.0. The summed E-state index contributed by atoms with van der Waals surface area (Å²) in [7, 11) is 1.54. The first kappa shape index (κ1) is 23.6. The number of fused-ring (bicyclic) bond motifs is 1. The van der Waals surface area contributed by atoms with Crippen LogP contribution in [0.5, 0.6) is 11.5 Å². The summed E-state index contributed by atoms with van der Waals surface area (Å²) >= 11 is 0. The fraction of sp³-hybridized carbons (Fsp3) is 0.241. The van der Waals surface area contributed by atoms with Gasteiger partial charge in [0.1, 0.15) is 23.9 Å². The summed E-state index contributed by atoms with van der Waals surface area (Å²) in [4.78, 5) is 27.6. The van der Waals surface area contributed by atoms with Gasteiger partial charge in [0.2, 0.25) is 0 Å². The Morgan fingerprint density at radius 1 is 1.06 bits per heavy atom. The van der Waals surface area contributed by atoms with Gasteiger partial charge in [-0.3, -0.25) is 9.59 Å². The summed E-state index contributed by atoms with van der Waals surface area (Å²) in [6, 6.07) is 21.7. The van der Waals surface area contributed by atoms with Crippen molar-refractivity contribution < 1.29 is 28.9 Å². The molecule has 7 heteroatoms. The van der Waals surface area contributed by atoms with Gasteiger partial charge in [-0.1, -0.05) is 42.5 Å². The lowest BCUT2D eigenvalue weighted by Crippen LogP contribution is -2.32. The quantitative estimate of drug-likeness (QED) is 0.291. The lowest BCUT2D eigenvalue weighted by molar-refractivity contribution is -0.140. The standard InChI is InChI=1S/C29H27NO6/c1-34-16-14-30-26(20-7-10-23(11-8-20)36-18-19-5-3-2-4-6-19)25(28(32)29(30)33)27(31)22-9-12-24-21(17-22)13-15-35-24/h2-12,17,26,31H,13-16,18H2,1H3/b27-25-. The molecule has 1 unspecified atom stereocenters. The number of Topliss-reactive ketones (excluding diaryl/α,β-unsaturated/α-hetero) is 1. The maximum absolute atomic E-state index is 13.1. The van der Waals surface area contributed by atoms with Gasteiger partial charge in [0.15, 0.2) is 0 Å². The van der Waals surface area contributed by atoms with Crippen molar-refractivity contribution in [1.29, 1.82) is 0 Å². The van der Waals surface area contributed by atoms with Gasteiger partial charge < -0.3 is 24.2 Å². The van der Waals surface area contributed by atoms with E-state index in [1.165, 1.54) is 12.0 Å². The highest BCUT2D eigenvalue weighted by molar-refractivity contribution is 6.46. The number of hydrogen-bond acceptors (Lipinski definition) is 6. The minimum atomic E-state index is -0.743. The minimum absolute atomic E-state index is 0.0629. The van der Waals surface area contributed by atoms with E-state index in [0.717, 1.165) is 23.3 Å². The van der Waals surface area contributed by atoms with Crippen LogP contribution in [0, 0.1) is 0 Å². The molecule has 1 N–H and O–H groups in total. The van der Waals surface area contributed by atoms with Crippen molar-refractivity contribution in [2.75, 3.05) is 26.9 Å². The van der Waals surface area contributed by atoms with Gasteiger partial charge in [-0.25, -0.2) is 0 Å². The Balaban J connectivity index is 1.48. The van der Waals surface area contributed by atoms with Crippen LogP contribution in [0.15, 0.2) is 78.4 Å². The summed E-state index contributed by atoms with van der Waals surface area (Å²) in [5, 5.41) is 11.3. The normalized spacial score (nSPS) is 18.2. The van der Waals surface area contributed by atoms with E-state index < -0.39 is 17.7 Å². The zero-order valence-electron chi connectivity index (χ0n) is 20.0. The molecule has 1 fully saturated rings. The van der Waals surface area contributed by atoms with Gasteiger partial charge in [-0.05, 0) is 47.0 Å². The van der Waals surface area contributed by atoms with Crippen LogP contribution in [-0.2, 0) is 27.4 Å². The number of rotatable bonds is 8. The Labute approximate surface area is 209 Å². The van der Waals surface area contributed by atoms with Crippen molar-refractivity contribution in [3.8, 4) is 11.5 Å². The largest absolute Gasteiger partial charge is 0.507 e. The van der Waals surface area contributed by atoms with E-state index in [1.807, 2.05) is 48.5 Å². The molecule has 36 heavy (non-hydrogen) atoms. The molecule has 0 saturated carbocycles. The molecule has 2 aliphatic rings. The van der Waals surface area contributed by atoms with Crippen molar-refractivity contribution in [3.63, 3.8) is 0 Å². The van der Waals surface area contributed by atoms with Crippen molar-refractivity contribution in [2.24, 2.45) is 0 Å². The number of likely N-dealkylation sites (tertiary alicyclic amines) is 1. The van der Waals surface area contributed by atoms with Gasteiger partial charge in [0.05, 0.1) is 24.8 Å². The molecule has 0 spiro atoms. The van der Waals surface area contributed by atoms with Crippen LogP contribution in [0.4, 0.5) is 0 Å². The highest BCUT2D eigenvalue weighted by Gasteiger charge is 2.46. The number of aliphatic hydroxyl groups is 1. The Hall–Kier alpha value is -4.10. The monoisotopic (exact) mass is 485 g/mol. The molecule has 5 rings (SSSR count). The van der Waals surface area contributed by atoms with Crippen LogP contribution in [-0.4, -0.2) is 48.6 Å². The first-order chi connectivity index (χ1) is 17.6. The maximum atomic E-state index is 13.1. The van der Waals surface area contributed by atoms with Crippen molar-refractivity contribution in [3.05, 3.63) is 101 Å². The minimum Gasteiger partial charge on any atom is -0.507 e. The molecule has 2 heterocycles. The average molecular weight is 486 g/mol. The Morgan fingerprint density at radius 2 is 1.83 bits per heavy atom. The molecule has 1 saturated heterocycles. The molecule has 0 radical (unpaired) electrons. The molecule has 184 valence electrons. The summed E-state index contributed by atoms with van der Waals surface area (Å²) in [5.41, 5.74) is 3.26. The summed E-state index contributed by atoms with van der Waals surface area (Å²) in [6.07, 6.45) is 0.729. The SMILES string of the molecule is COCCN1C(=O)C(=O)/C(=C(\O)c2ccc3c(c2)CCO3)C1c1ccc(OCc2ccccc2)cc1. The second-order valence-corrected chi connectivity index (χ2v) is 8.75. The molecule has 1 atom stereocenters. The molecule has 0 aromatic heterocycles. The highest BCUT2D eigenvalue weighted by Crippen LogP contribution is 2.40. The first-order valence-corrected chi connectivity index (χ1v) is 11.9. The summed E-state index contributed by atoms with van der Waals surface area (Å²) in [5.74, 6) is -0.135. The van der Waals surface area contributed by atoms with Crippen LogP contribution in [0.25, 0.3) is 5.76 Å². The molecular weight excluding hydrogens is 458 g/mol. The van der Waals surface area contributed by atoms with E-state index in [1.54, 1.807) is 24.3 Å². The number of nitrogens with zero attached hydrogens (tertiary/aromatic N) is 1. The number of ether oxygens (including phenoxy) is 3. The zero-order chi connectivity index (χ0) is 25.1. The van der Waals surface area contributed by atoms with E-state index >= 15 is 0 Å². The Morgan fingerprint density at radius 3 is 2.58 bits per heavy atom. The second-order valence-electron chi connectivity index (χ2n) is 8.75. The molecule has 1 amide bonds. The van der Waals surface area contributed by atoms with Crippen molar-refractivity contribution >= 4 is 17.4 Å². The number of benzene rings is 3. The molecule has 3 aromatic carbocycles. The third kappa shape index (κ3) is 4.57. The highest BCUT2D eigenvalue weighted by atomic mass is 16.5. The van der Waals surface area contributed by atoms with E-state index in [4.69, 9.17) is 14.2 Å². The molecule has 7 nitrogen and oxygen atoms in total. The summed E-state index contributed by atoms with van der Waals surface area (Å²) < 4.78 is 16.6. The number of hydrogen-bond donors (Lipinski definition) is 1. The van der Waals surface area contributed by atoms with Gasteiger partial charge in [0, 0.05) is 25.6 Å². The third-order valence-corrected chi connectivity index (χ3v) is 6.48. The van der Waals surface area contributed by atoms with Gasteiger partial charge >= 0.3 is 0 Å². The number of carbonyl (C=O) groups excluding carboxylic acids is 2.